The van der Waals surface area contributed by atoms with E-state index in [1.54, 1.807) is 18.2 Å². The van der Waals surface area contributed by atoms with Crippen LogP contribution >= 0.6 is 11.8 Å². The maximum absolute atomic E-state index is 12.2. The Hall–Kier alpha value is -3.45. The molecule has 4 rings (SSSR count). The second kappa shape index (κ2) is 7.05. The average Bonchev–Trinajstić information content (AvgIpc) is 3.01. The Bertz CT molecular complexity index is 1130. The van der Waals surface area contributed by atoms with Crippen molar-refractivity contribution in [2.45, 2.75) is 0 Å². The Morgan fingerprint density at radius 3 is 2.67 bits per heavy atom. The number of fused-ring (bicyclic) bond motifs is 1. The van der Waals surface area contributed by atoms with E-state index in [0.717, 1.165) is 16.5 Å². The number of amides is 1. The van der Waals surface area contributed by atoms with Crippen LogP contribution in [-0.2, 0) is 4.79 Å². The van der Waals surface area contributed by atoms with Crippen LogP contribution in [0.3, 0.4) is 0 Å². The molecule has 1 heterocycles. The minimum Gasteiger partial charge on any atom is -0.300 e. The molecular weight excluding hydrogens is 362 g/mol. The minimum absolute atomic E-state index is 0.0163. The zero-order chi connectivity index (χ0) is 18.8. The molecule has 0 bridgehead atoms. The van der Waals surface area contributed by atoms with Gasteiger partial charge in [0.2, 0.25) is 0 Å². The van der Waals surface area contributed by atoms with Crippen LogP contribution in [0.25, 0.3) is 16.8 Å². The number of nitrogens with one attached hydrogen (secondary N) is 1. The van der Waals surface area contributed by atoms with Gasteiger partial charge in [0.05, 0.1) is 15.5 Å². The third-order valence-corrected chi connectivity index (χ3v) is 4.93. The van der Waals surface area contributed by atoms with Crippen LogP contribution in [0.15, 0.2) is 76.6 Å². The molecule has 1 amide bonds. The van der Waals surface area contributed by atoms with Gasteiger partial charge < -0.3 is 5.32 Å². The molecule has 132 valence electrons. The number of hydrogen-bond donors (Lipinski definition) is 1. The Morgan fingerprint density at radius 2 is 1.81 bits per heavy atom. The van der Waals surface area contributed by atoms with Gasteiger partial charge in [0.25, 0.3) is 11.6 Å². The third kappa shape index (κ3) is 3.58. The Morgan fingerprint density at radius 1 is 1.04 bits per heavy atom. The standard InChI is InChI=1S/C20H13N3O3S/c24-19-18(12-13-5-3-8-15(11-13)23(25)26)27-20(22-19)21-17-10-4-7-14-6-1-2-9-16(14)17/h1-12H,(H,21,22,24)/b18-12-. The smallest absolute Gasteiger partial charge is 0.270 e. The van der Waals surface area contributed by atoms with Crippen molar-refractivity contribution in [1.29, 1.82) is 0 Å². The van der Waals surface area contributed by atoms with Gasteiger partial charge in [0, 0.05) is 17.5 Å². The summed E-state index contributed by atoms with van der Waals surface area (Å²) in [6.45, 7) is 0. The molecule has 0 aromatic heterocycles. The lowest BCUT2D eigenvalue weighted by Crippen LogP contribution is -2.19. The maximum atomic E-state index is 12.2. The fraction of sp³-hybridized carbons (Fsp3) is 0. The molecule has 1 aliphatic rings. The molecule has 1 aliphatic heterocycles. The highest BCUT2D eigenvalue weighted by Crippen LogP contribution is 2.31. The van der Waals surface area contributed by atoms with Crippen molar-refractivity contribution < 1.29 is 9.72 Å². The first-order valence-corrected chi connectivity index (χ1v) is 8.93. The molecule has 0 saturated carbocycles. The number of hydrogen-bond acceptors (Lipinski definition) is 5. The van der Waals surface area contributed by atoms with Crippen LogP contribution in [0.1, 0.15) is 5.56 Å². The van der Waals surface area contributed by atoms with Crippen LogP contribution in [-0.4, -0.2) is 16.0 Å². The number of benzene rings is 3. The van der Waals surface area contributed by atoms with Gasteiger partial charge in [-0.1, -0.05) is 48.5 Å². The summed E-state index contributed by atoms with van der Waals surface area (Å²) in [5.41, 5.74) is 1.35. The highest BCUT2D eigenvalue weighted by Gasteiger charge is 2.24. The third-order valence-electron chi connectivity index (χ3n) is 4.02. The van der Waals surface area contributed by atoms with E-state index >= 15 is 0 Å². The van der Waals surface area contributed by atoms with Crippen LogP contribution < -0.4 is 5.32 Å². The van der Waals surface area contributed by atoms with E-state index in [2.05, 4.69) is 10.3 Å². The summed E-state index contributed by atoms with van der Waals surface area (Å²) in [7, 11) is 0. The zero-order valence-corrected chi connectivity index (χ0v) is 14.8. The molecule has 6 nitrogen and oxygen atoms in total. The number of thioether (sulfide) groups is 1. The molecule has 1 fully saturated rings. The fourth-order valence-corrected chi connectivity index (χ4v) is 3.61. The first kappa shape index (κ1) is 17.0. The molecule has 0 unspecified atom stereocenters. The summed E-state index contributed by atoms with van der Waals surface area (Å²) in [5.74, 6) is -0.273. The van der Waals surface area contributed by atoms with E-state index in [0.29, 0.717) is 15.6 Å². The Kier molecular flexibility index (Phi) is 4.43. The molecule has 1 saturated heterocycles. The second-order valence-corrected chi connectivity index (χ2v) is 6.86. The molecule has 27 heavy (non-hydrogen) atoms. The van der Waals surface area contributed by atoms with E-state index in [1.807, 2.05) is 42.5 Å². The summed E-state index contributed by atoms with van der Waals surface area (Å²) in [4.78, 5) is 27.7. The molecule has 1 N–H and O–H groups in total. The quantitative estimate of drug-likeness (QED) is 0.411. The lowest BCUT2D eigenvalue weighted by molar-refractivity contribution is -0.384. The second-order valence-electron chi connectivity index (χ2n) is 5.83. The van der Waals surface area contributed by atoms with E-state index in [1.165, 1.54) is 23.9 Å². The number of non-ortho nitro benzene ring substituents is 1. The summed E-state index contributed by atoms with van der Waals surface area (Å²) >= 11 is 1.21. The first-order chi connectivity index (χ1) is 13.1. The Labute approximate surface area is 158 Å². The van der Waals surface area contributed by atoms with Crippen molar-refractivity contribution in [3.05, 3.63) is 87.3 Å². The van der Waals surface area contributed by atoms with E-state index in [4.69, 9.17) is 0 Å². The number of carbonyl (C=O) groups is 1. The summed E-state index contributed by atoms with van der Waals surface area (Å²) < 4.78 is 0. The predicted octanol–water partition coefficient (Wildman–Crippen LogP) is 4.64. The SMILES string of the molecule is O=C1NC(=Nc2cccc3ccccc23)S/C1=C\c1cccc([N+](=O)[O-])c1. The number of nitro groups is 1. The van der Waals surface area contributed by atoms with Gasteiger partial charge in [0.15, 0.2) is 5.17 Å². The lowest BCUT2D eigenvalue weighted by Gasteiger charge is -2.02. The predicted molar refractivity (Wildman–Crippen MR) is 108 cm³/mol. The van der Waals surface area contributed by atoms with Crippen molar-refractivity contribution in [3.8, 4) is 0 Å². The van der Waals surface area contributed by atoms with Crippen LogP contribution in [0, 0.1) is 10.1 Å². The van der Waals surface area contributed by atoms with Crippen molar-refractivity contribution in [1.82, 2.24) is 5.32 Å². The highest BCUT2D eigenvalue weighted by molar-refractivity contribution is 8.18. The minimum atomic E-state index is -0.461. The highest BCUT2D eigenvalue weighted by atomic mass is 32.2. The molecule has 0 spiro atoms. The van der Waals surface area contributed by atoms with Gasteiger partial charge in [-0.25, -0.2) is 4.99 Å². The molecule has 0 aliphatic carbocycles. The molecule has 3 aromatic carbocycles. The van der Waals surface area contributed by atoms with Gasteiger partial charge in [-0.3, -0.25) is 14.9 Å². The van der Waals surface area contributed by atoms with E-state index in [9.17, 15) is 14.9 Å². The largest absolute Gasteiger partial charge is 0.300 e. The molecular formula is C20H13N3O3S. The van der Waals surface area contributed by atoms with Crippen LogP contribution in [0.4, 0.5) is 11.4 Å². The van der Waals surface area contributed by atoms with Crippen molar-refractivity contribution in [3.63, 3.8) is 0 Å². The topological polar surface area (TPSA) is 84.6 Å². The summed E-state index contributed by atoms with van der Waals surface area (Å²) in [6.07, 6.45) is 1.62. The van der Waals surface area contributed by atoms with E-state index < -0.39 is 4.92 Å². The molecule has 7 heteroatoms. The number of nitro benzene ring substituents is 1. The number of rotatable bonds is 3. The molecule has 0 atom stereocenters. The number of amidine groups is 1. The van der Waals surface area contributed by atoms with Crippen molar-refractivity contribution in [2.24, 2.45) is 4.99 Å². The van der Waals surface area contributed by atoms with Gasteiger partial charge in [-0.05, 0) is 34.9 Å². The van der Waals surface area contributed by atoms with Crippen molar-refractivity contribution >= 4 is 51.1 Å². The van der Waals surface area contributed by atoms with E-state index in [-0.39, 0.29) is 11.6 Å². The average molecular weight is 375 g/mol. The molecule has 0 radical (unpaired) electrons. The fourth-order valence-electron chi connectivity index (χ4n) is 2.78. The molecule has 3 aromatic rings. The summed E-state index contributed by atoms with van der Waals surface area (Å²) in [5, 5.41) is 16.2. The van der Waals surface area contributed by atoms with Gasteiger partial charge in [-0.2, -0.15) is 0 Å². The lowest BCUT2D eigenvalue weighted by atomic mass is 10.1. The maximum Gasteiger partial charge on any atom is 0.270 e. The van der Waals surface area contributed by atoms with Crippen LogP contribution in [0.5, 0.6) is 0 Å². The van der Waals surface area contributed by atoms with Gasteiger partial charge in [0.1, 0.15) is 0 Å². The van der Waals surface area contributed by atoms with Gasteiger partial charge >= 0.3 is 0 Å². The normalized spacial score (nSPS) is 16.8. The van der Waals surface area contributed by atoms with Crippen LogP contribution in [0.2, 0.25) is 0 Å². The Balaban J connectivity index is 1.65. The summed E-state index contributed by atoms with van der Waals surface area (Å²) in [6, 6.07) is 19.9. The number of carbonyl (C=O) groups excluding carboxylic acids is 1. The number of nitrogens with zero attached hydrogens (tertiary/aromatic N) is 2. The zero-order valence-electron chi connectivity index (χ0n) is 14.0. The van der Waals surface area contributed by atoms with Crippen molar-refractivity contribution in [2.75, 3.05) is 0 Å². The first-order valence-electron chi connectivity index (χ1n) is 8.12. The number of aliphatic imine (C=N–C) groups is 1. The monoisotopic (exact) mass is 375 g/mol. The van der Waals surface area contributed by atoms with Gasteiger partial charge in [-0.15, -0.1) is 0 Å².